The number of nitrogens with two attached hydrogens (primary N) is 1. The Balaban J connectivity index is 2.47. The molecule has 2 aromatic rings. The van der Waals surface area contributed by atoms with Crippen LogP contribution in [-0.4, -0.2) is 8.42 Å². The molecule has 0 unspecified atom stereocenters. The third kappa shape index (κ3) is 3.74. The van der Waals surface area contributed by atoms with Gasteiger partial charge in [-0.15, -0.1) is 0 Å². The molecule has 0 saturated heterocycles. The van der Waals surface area contributed by atoms with Crippen LogP contribution in [0.4, 0.5) is 10.1 Å². The van der Waals surface area contributed by atoms with Crippen molar-refractivity contribution < 1.29 is 12.8 Å². The molecular formula is C13H11BrClFN2O2S. The summed E-state index contributed by atoms with van der Waals surface area (Å²) < 4.78 is 41.5. The van der Waals surface area contributed by atoms with Gasteiger partial charge in [0.25, 0.3) is 10.0 Å². The van der Waals surface area contributed by atoms with Gasteiger partial charge in [0.2, 0.25) is 0 Å². The Labute approximate surface area is 135 Å². The fraction of sp³-hybridized carbons (Fsp3) is 0.0769. The summed E-state index contributed by atoms with van der Waals surface area (Å²) in [5.74, 6) is -0.866. The Morgan fingerprint density at radius 1 is 1.29 bits per heavy atom. The summed E-state index contributed by atoms with van der Waals surface area (Å²) in [5, 5.41) is 0.368. The molecular weight excluding hydrogens is 383 g/mol. The molecule has 112 valence electrons. The summed E-state index contributed by atoms with van der Waals surface area (Å²) >= 11 is 8.93. The number of benzene rings is 2. The molecule has 0 heterocycles. The maximum atomic E-state index is 14.2. The van der Waals surface area contributed by atoms with Crippen molar-refractivity contribution in [2.24, 2.45) is 5.73 Å². The van der Waals surface area contributed by atoms with Gasteiger partial charge in [0.05, 0.1) is 5.69 Å². The molecule has 8 heteroatoms. The molecule has 0 aliphatic carbocycles. The van der Waals surface area contributed by atoms with Crippen LogP contribution in [0.2, 0.25) is 5.02 Å². The number of hydrogen-bond acceptors (Lipinski definition) is 3. The Morgan fingerprint density at radius 2 is 2.00 bits per heavy atom. The van der Waals surface area contributed by atoms with Crippen molar-refractivity contribution in [2.75, 3.05) is 4.72 Å². The number of nitrogens with one attached hydrogen (secondary N) is 1. The number of anilines is 1. The fourth-order valence-electron chi connectivity index (χ4n) is 1.72. The Bertz CT molecular complexity index is 784. The molecule has 2 rings (SSSR count). The fourth-order valence-corrected chi connectivity index (χ4v) is 3.77. The molecule has 4 nitrogen and oxygen atoms in total. The summed E-state index contributed by atoms with van der Waals surface area (Å²) in [6, 6.07) is 8.76. The van der Waals surface area contributed by atoms with Crippen LogP contribution in [0.25, 0.3) is 0 Å². The first-order chi connectivity index (χ1) is 9.83. The van der Waals surface area contributed by atoms with Crippen LogP contribution in [0.15, 0.2) is 45.8 Å². The Kier molecular flexibility index (Phi) is 4.88. The molecule has 0 fully saturated rings. The highest BCUT2D eigenvalue weighted by molar-refractivity contribution is 9.10. The first-order valence-corrected chi connectivity index (χ1v) is 8.45. The zero-order valence-electron chi connectivity index (χ0n) is 10.6. The number of sulfonamides is 1. The van der Waals surface area contributed by atoms with Gasteiger partial charge in [0, 0.05) is 21.6 Å². The molecule has 0 saturated carbocycles. The van der Waals surface area contributed by atoms with Crippen LogP contribution in [0.3, 0.4) is 0 Å². The van der Waals surface area contributed by atoms with Crippen molar-refractivity contribution in [3.63, 3.8) is 0 Å². The van der Waals surface area contributed by atoms with E-state index in [-0.39, 0.29) is 17.8 Å². The van der Waals surface area contributed by atoms with E-state index in [9.17, 15) is 12.8 Å². The highest BCUT2D eigenvalue weighted by Crippen LogP contribution is 2.26. The SMILES string of the molecule is NCc1cc(Br)cc(S(=O)(=O)Nc2cccc(Cl)c2)c1F. The molecule has 0 aliphatic rings. The molecule has 0 aliphatic heterocycles. The van der Waals surface area contributed by atoms with Crippen molar-refractivity contribution >= 4 is 43.2 Å². The van der Waals surface area contributed by atoms with Crippen molar-refractivity contribution in [3.05, 3.63) is 57.3 Å². The summed E-state index contributed by atoms with van der Waals surface area (Å²) in [5.41, 5.74) is 5.76. The molecule has 0 radical (unpaired) electrons. The second-order valence-corrected chi connectivity index (χ2v) is 7.20. The predicted molar refractivity (Wildman–Crippen MR) is 84.3 cm³/mol. The molecule has 0 spiro atoms. The molecule has 21 heavy (non-hydrogen) atoms. The summed E-state index contributed by atoms with van der Waals surface area (Å²) in [4.78, 5) is -0.475. The van der Waals surface area contributed by atoms with Gasteiger partial charge in [-0.1, -0.05) is 33.6 Å². The highest BCUT2D eigenvalue weighted by atomic mass is 79.9. The van der Waals surface area contributed by atoms with Crippen LogP contribution >= 0.6 is 27.5 Å². The maximum absolute atomic E-state index is 14.2. The van der Waals surface area contributed by atoms with Crippen LogP contribution in [0, 0.1) is 5.82 Å². The monoisotopic (exact) mass is 392 g/mol. The van der Waals surface area contributed by atoms with Gasteiger partial charge in [0.15, 0.2) is 0 Å². The number of hydrogen-bond donors (Lipinski definition) is 2. The lowest BCUT2D eigenvalue weighted by Gasteiger charge is -2.11. The van der Waals surface area contributed by atoms with Gasteiger partial charge < -0.3 is 5.73 Å². The third-order valence-electron chi connectivity index (χ3n) is 2.67. The topological polar surface area (TPSA) is 72.2 Å². The van der Waals surface area contributed by atoms with Crippen LogP contribution in [-0.2, 0) is 16.6 Å². The van der Waals surface area contributed by atoms with Gasteiger partial charge >= 0.3 is 0 Å². The van der Waals surface area contributed by atoms with E-state index in [2.05, 4.69) is 20.7 Å². The largest absolute Gasteiger partial charge is 0.326 e. The average molecular weight is 394 g/mol. The number of rotatable bonds is 4. The Hall–Kier alpha value is -1.15. The second kappa shape index (κ2) is 6.31. The molecule has 0 amide bonds. The van der Waals surface area contributed by atoms with Gasteiger partial charge in [-0.05, 0) is 30.3 Å². The van der Waals surface area contributed by atoms with E-state index in [1.165, 1.54) is 24.3 Å². The first-order valence-electron chi connectivity index (χ1n) is 5.80. The van der Waals surface area contributed by atoms with E-state index in [0.29, 0.717) is 9.50 Å². The minimum absolute atomic E-state index is 0.106. The van der Waals surface area contributed by atoms with Crippen LogP contribution < -0.4 is 10.5 Å². The summed E-state index contributed by atoms with van der Waals surface area (Å²) in [6.45, 7) is -0.106. The standard InChI is InChI=1S/C13H11BrClFN2O2S/c14-9-4-8(7-17)13(16)12(5-9)21(19,20)18-11-3-1-2-10(15)6-11/h1-6,18H,7,17H2. The zero-order valence-corrected chi connectivity index (χ0v) is 13.8. The maximum Gasteiger partial charge on any atom is 0.264 e. The van der Waals surface area contributed by atoms with Crippen LogP contribution in [0.1, 0.15) is 5.56 Å². The lowest BCUT2D eigenvalue weighted by atomic mass is 10.2. The minimum Gasteiger partial charge on any atom is -0.326 e. The first kappa shape index (κ1) is 16.2. The van der Waals surface area contributed by atoms with Gasteiger partial charge in [-0.2, -0.15) is 0 Å². The predicted octanol–water partition coefficient (Wildman–Crippen LogP) is 3.50. The number of halogens is 3. The van der Waals surface area contributed by atoms with E-state index in [1.807, 2.05) is 0 Å². The minimum atomic E-state index is -4.09. The lowest BCUT2D eigenvalue weighted by molar-refractivity contribution is 0.560. The normalized spacial score (nSPS) is 11.4. The second-order valence-electron chi connectivity index (χ2n) is 4.20. The molecule has 0 aromatic heterocycles. The van der Waals surface area contributed by atoms with Crippen LogP contribution in [0.5, 0.6) is 0 Å². The third-order valence-corrected chi connectivity index (χ3v) is 4.74. The molecule has 3 N–H and O–H groups in total. The summed E-state index contributed by atoms with van der Waals surface area (Å²) in [6.07, 6.45) is 0. The van der Waals surface area contributed by atoms with E-state index >= 15 is 0 Å². The van der Waals surface area contributed by atoms with Crippen molar-refractivity contribution in [1.82, 2.24) is 0 Å². The molecule has 2 aromatic carbocycles. The van der Waals surface area contributed by atoms with Gasteiger partial charge in [0.1, 0.15) is 10.7 Å². The van der Waals surface area contributed by atoms with Crippen molar-refractivity contribution in [2.45, 2.75) is 11.4 Å². The van der Waals surface area contributed by atoms with Gasteiger partial charge in [-0.3, -0.25) is 4.72 Å². The zero-order chi connectivity index (χ0) is 15.6. The van der Waals surface area contributed by atoms with Crippen molar-refractivity contribution in [1.29, 1.82) is 0 Å². The van der Waals surface area contributed by atoms with Crippen molar-refractivity contribution in [3.8, 4) is 0 Å². The van der Waals surface area contributed by atoms with E-state index in [0.717, 1.165) is 0 Å². The Morgan fingerprint density at radius 3 is 2.62 bits per heavy atom. The smallest absolute Gasteiger partial charge is 0.264 e. The quantitative estimate of drug-likeness (QED) is 0.835. The van der Waals surface area contributed by atoms with E-state index in [4.69, 9.17) is 17.3 Å². The average Bonchev–Trinajstić information content (AvgIpc) is 2.40. The van der Waals surface area contributed by atoms with E-state index in [1.54, 1.807) is 12.1 Å². The summed E-state index contributed by atoms with van der Waals surface area (Å²) in [7, 11) is -4.09. The molecule has 0 atom stereocenters. The van der Waals surface area contributed by atoms with Gasteiger partial charge in [-0.25, -0.2) is 12.8 Å². The van der Waals surface area contributed by atoms with E-state index < -0.39 is 20.7 Å². The lowest BCUT2D eigenvalue weighted by Crippen LogP contribution is -2.16. The highest BCUT2D eigenvalue weighted by Gasteiger charge is 2.22. The molecule has 0 bridgehead atoms.